The number of carbonyl (C=O) groups excluding carboxylic acids is 1. The van der Waals surface area contributed by atoms with E-state index in [2.05, 4.69) is 10.2 Å². The van der Waals surface area contributed by atoms with Gasteiger partial charge in [-0.2, -0.15) is 0 Å². The monoisotopic (exact) mass is 248 g/mol. The van der Waals surface area contributed by atoms with Crippen molar-refractivity contribution >= 4 is 5.91 Å². The van der Waals surface area contributed by atoms with Crippen molar-refractivity contribution in [2.75, 3.05) is 19.6 Å². The smallest absolute Gasteiger partial charge is 0.240 e. The molecule has 4 rings (SSSR count). The zero-order valence-electron chi connectivity index (χ0n) is 11.1. The number of nitrogens with zero attached hydrogens (tertiary/aromatic N) is 1. The molecule has 0 aromatic rings. The van der Waals surface area contributed by atoms with Gasteiger partial charge in [0.1, 0.15) is 0 Å². The van der Waals surface area contributed by atoms with E-state index in [1.807, 2.05) is 0 Å². The van der Waals surface area contributed by atoms with Gasteiger partial charge in [0.2, 0.25) is 5.91 Å². The van der Waals surface area contributed by atoms with E-state index in [9.17, 15) is 4.79 Å². The number of hydrogen-bond donors (Lipinski definition) is 1. The summed E-state index contributed by atoms with van der Waals surface area (Å²) < 4.78 is 0. The molecule has 5 unspecified atom stereocenters. The Morgan fingerprint density at radius 1 is 0.944 bits per heavy atom. The quantitative estimate of drug-likeness (QED) is 0.765. The average molecular weight is 248 g/mol. The number of likely N-dealkylation sites (tertiary alicyclic amines) is 1. The summed E-state index contributed by atoms with van der Waals surface area (Å²) in [5, 5.41) is 3.51. The minimum Gasteiger partial charge on any atom is -0.341 e. The van der Waals surface area contributed by atoms with Crippen LogP contribution in [0.5, 0.6) is 0 Å². The summed E-state index contributed by atoms with van der Waals surface area (Å²) in [6.45, 7) is 3.19. The summed E-state index contributed by atoms with van der Waals surface area (Å²) >= 11 is 0. The van der Waals surface area contributed by atoms with Gasteiger partial charge in [0.15, 0.2) is 0 Å². The molecule has 2 saturated carbocycles. The number of rotatable bonds is 1. The molecule has 1 N–H and O–H groups in total. The highest BCUT2D eigenvalue weighted by Crippen LogP contribution is 2.41. The minimum atomic E-state index is 0.163. The molecule has 5 atom stereocenters. The van der Waals surface area contributed by atoms with Crippen LogP contribution in [0.25, 0.3) is 0 Å². The number of carbonyl (C=O) groups is 1. The lowest BCUT2D eigenvalue weighted by molar-refractivity contribution is -0.133. The second-order valence-electron chi connectivity index (χ2n) is 6.94. The van der Waals surface area contributed by atoms with Gasteiger partial charge in [0.25, 0.3) is 0 Å². The molecule has 100 valence electrons. The zero-order valence-corrected chi connectivity index (χ0v) is 11.1. The predicted molar refractivity (Wildman–Crippen MR) is 70.0 cm³/mol. The molecule has 4 aliphatic rings. The van der Waals surface area contributed by atoms with Gasteiger partial charge >= 0.3 is 0 Å². The van der Waals surface area contributed by atoms with Crippen molar-refractivity contribution in [1.29, 1.82) is 0 Å². The molecule has 2 saturated heterocycles. The van der Waals surface area contributed by atoms with Gasteiger partial charge in [-0.15, -0.1) is 0 Å². The van der Waals surface area contributed by atoms with Gasteiger partial charge < -0.3 is 10.2 Å². The van der Waals surface area contributed by atoms with E-state index < -0.39 is 0 Å². The first-order valence-electron chi connectivity index (χ1n) is 7.85. The van der Waals surface area contributed by atoms with Crippen molar-refractivity contribution < 1.29 is 4.79 Å². The van der Waals surface area contributed by atoms with Crippen LogP contribution >= 0.6 is 0 Å². The highest BCUT2D eigenvalue weighted by atomic mass is 16.2. The minimum absolute atomic E-state index is 0.163. The van der Waals surface area contributed by atoms with E-state index in [4.69, 9.17) is 0 Å². The molecule has 1 amide bonds. The van der Waals surface area contributed by atoms with E-state index in [1.54, 1.807) is 0 Å². The second kappa shape index (κ2) is 4.22. The third-order valence-electron chi connectivity index (χ3n) is 6.05. The Bertz CT molecular complexity index is 344. The average Bonchev–Trinajstić information content (AvgIpc) is 3.07. The molecule has 4 fully saturated rings. The fourth-order valence-electron chi connectivity index (χ4n) is 5.07. The van der Waals surface area contributed by atoms with Crippen LogP contribution in [0.15, 0.2) is 0 Å². The molecule has 2 aliphatic carbocycles. The van der Waals surface area contributed by atoms with Crippen molar-refractivity contribution in [2.24, 2.45) is 23.7 Å². The molecule has 0 spiro atoms. The van der Waals surface area contributed by atoms with Crippen molar-refractivity contribution in [3.8, 4) is 0 Å². The summed E-state index contributed by atoms with van der Waals surface area (Å²) in [4.78, 5) is 14.9. The molecule has 0 radical (unpaired) electrons. The van der Waals surface area contributed by atoms with Crippen LogP contribution in [-0.2, 0) is 4.79 Å². The third kappa shape index (κ3) is 1.63. The van der Waals surface area contributed by atoms with Crippen LogP contribution in [0, 0.1) is 23.7 Å². The molecule has 0 bridgehead atoms. The van der Waals surface area contributed by atoms with Crippen molar-refractivity contribution in [2.45, 2.75) is 44.6 Å². The fraction of sp³-hybridized carbons (Fsp3) is 0.933. The lowest BCUT2D eigenvalue weighted by Crippen LogP contribution is -2.45. The van der Waals surface area contributed by atoms with Gasteiger partial charge in [0.05, 0.1) is 6.04 Å². The fourth-order valence-corrected chi connectivity index (χ4v) is 5.07. The predicted octanol–water partition coefficient (Wildman–Crippen LogP) is 1.63. The van der Waals surface area contributed by atoms with Gasteiger partial charge in [-0.1, -0.05) is 12.8 Å². The Hall–Kier alpha value is -0.570. The molecule has 18 heavy (non-hydrogen) atoms. The molecular weight excluding hydrogens is 224 g/mol. The zero-order chi connectivity index (χ0) is 12.1. The molecular formula is C15H24N2O. The number of nitrogens with one attached hydrogen (secondary N) is 1. The molecule has 3 nitrogen and oxygen atoms in total. The van der Waals surface area contributed by atoms with Gasteiger partial charge in [-0.3, -0.25) is 4.79 Å². The van der Waals surface area contributed by atoms with E-state index >= 15 is 0 Å². The van der Waals surface area contributed by atoms with E-state index in [-0.39, 0.29) is 6.04 Å². The van der Waals surface area contributed by atoms with Crippen LogP contribution in [0.3, 0.4) is 0 Å². The molecule has 2 aliphatic heterocycles. The lowest BCUT2D eigenvalue weighted by atomic mass is 9.93. The van der Waals surface area contributed by atoms with Crippen LogP contribution in [0.4, 0.5) is 0 Å². The standard InChI is InChI=1S/C15H24N2O/c18-15(14-13-6-2-3-10(13)7-16-14)17-8-11-4-1-5-12(11)9-17/h10-14,16H,1-9H2. The Labute approximate surface area is 109 Å². The maximum absolute atomic E-state index is 12.7. The van der Waals surface area contributed by atoms with Crippen LogP contribution < -0.4 is 5.32 Å². The van der Waals surface area contributed by atoms with Crippen molar-refractivity contribution in [3.63, 3.8) is 0 Å². The first kappa shape index (κ1) is 11.3. The molecule has 0 aromatic heterocycles. The van der Waals surface area contributed by atoms with Crippen LogP contribution in [0.1, 0.15) is 38.5 Å². The highest BCUT2D eigenvalue weighted by molar-refractivity contribution is 5.83. The lowest BCUT2D eigenvalue weighted by Gasteiger charge is -2.25. The van der Waals surface area contributed by atoms with Crippen LogP contribution in [0.2, 0.25) is 0 Å². The first-order chi connectivity index (χ1) is 8.83. The number of amides is 1. The Balaban J connectivity index is 1.44. The van der Waals surface area contributed by atoms with Gasteiger partial charge in [0, 0.05) is 13.1 Å². The Kier molecular flexibility index (Phi) is 2.65. The number of fused-ring (bicyclic) bond motifs is 2. The Morgan fingerprint density at radius 3 is 2.39 bits per heavy atom. The molecule has 3 heteroatoms. The summed E-state index contributed by atoms with van der Waals surface area (Å²) in [5.41, 5.74) is 0. The van der Waals surface area contributed by atoms with Crippen LogP contribution in [-0.4, -0.2) is 36.5 Å². The highest BCUT2D eigenvalue weighted by Gasteiger charge is 2.46. The summed E-state index contributed by atoms with van der Waals surface area (Å²) in [7, 11) is 0. The SMILES string of the molecule is O=C(C1NCC2CCCC21)N1CC2CCCC2C1. The maximum atomic E-state index is 12.7. The van der Waals surface area contributed by atoms with E-state index in [0.717, 1.165) is 37.4 Å². The van der Waals surface area contributed by atoms with E-state index in [1.165, 1.54) is 38.5 Å². The molecule has 2 heterocycles. The number of hydrogen-bond acceptors (Lipinski definition) is 2. The van der Waals surface area contributed by atoms with Gasteiger partial charge in [-0.05, 0) is 55.9 Å². The first-order valence-corrected chi connectivity index (χ1v) is 7.85. The summed E-state index contributed by atoms with van der Waals surface area (Å²) in [5.74, 6) is 3.53. The second-order valence-corrected chi connectivity index (χ2v) is 6.94. The Morgan fingerprint density at radius 2 is 1.61 bits per heavy atom. The topological polar surface area (TPSA) is 32.3 Å². The normalized spacial score (nSPS) is 46.4. The van der Waals surface area contributed by atoms with E-state index in [0.29, 0.717) is 11.8 Å². The maximum Gasteiger partial charge on any atom is 0.240 e. The summed E-state index contributed by atoms with van der Waals surface area (Å²) in [6.07, 6.45) is 8.06. The van der Waals surface area contributed by atoms with Crippen molar-refractivity contribution in [3.05, 3.63) is 0 Å². The third-order valence-corrected chi connectivity index (χ3v) is 6.05. The molecule has 0 aromatic carbocycles. The largest absolute Gasteiger partial charge is 0.341 e. The summed E-state index contributed by atoms with van der Waals surface area (Å²) in [6, 6.07) is 0.163. The van der Waals surface area contributed by atoms with Gasteiger partial charge in [-0.25, -0.2) is 0 Å². The van der Waals surface area contributed by atoms with Crippen molar-refractivity contribution in [1.82, 2.24) is 10.2 Å².